The highest BCUT2D eigenvalue weighted by Gasteiger charge is 2.19. The SMILES string of the molecule is Cc1nc2c(OCc3cc(F)ccc3F)cccn2c(=O)c1-c1cc(C)n(-c2ccccc2Cl)n1. The highest BCUT2D eigenvalue weighted by Crippen LogP contribution is 2.26. The van der Waals surface area contributed by atoms with E-state index in [9.17, 15) is 13.6 Å². The van der Waals surface area contributed by atoms with E-state index in [1.165, 1.54) is 4.40 Å². The largest absolute Gasteiger partial charge is 0.485 e. The van der Waals surface area contributed by atoms with E-state index >= 15 is 0 Å². The molecule has 5 aromatic rings. The van der Waals surface area contributed by atoms with Gasteiger partial charge in [0, 0.05) is 17.5 Å². The van der Waals surface area contributed by atoms with Gasteiger partial charge in [-0.25, -0.2) is 18.4 Å². The first kappa shape index (κ1) is 22.7. The van der Waals surface area contributed by atoms with Crippen LogP contribution in [0, 0.1) is 25.5 Å². The second kappa shape index (κ2) is 8.96. The number of halogens is 3. The van der Waals surface area contributed by atoms with Gasteiger partial charge in [-0.1, -0.05) is 23.7 Å². The fraction of sp³-hybridized carbons (Fsp3) is 0.115. The number of rotatable bonds is 5. The van der Waals surface area contributed by atoms with Crippen LogP contribution in [0.4, 0.5) is 8.78 Å². The van der Waals surface area contributed by atoms with Crippen LogP contribution in [0.2, 0.25) is 5.02 Å². The molecular weight excluding hydrogens is 474 g/mol. The van der Waals surface area contributed by atoms with E-state index in [0.29, 0.717) is 27.7 Å². The summed E-state index contributed by atoms with van der Waals surface area (Å²) in [5, 5.41) is 5.16. The molecular formula is C26H19ClF2N4O2. The molecule has 0 saturated carbocycles. The Morgan fingerprint density at radius 3 is 2.63 bits per heavy atom. The van der Waals surface area contributed by atoms with Crippen LogP contribution in [0.1, 0.15) is 17.0 Å². The number of aromatic nitrogens is 4. The standard InChI is InChI=1S/C26H19ClF2N4O2/c1-15-12-21(31-33(15)22-7-4-3-6-19(22)27)24-16(2)30-25-23(8-5-11-32(25)26(24)34)35-14-17-13-18(28)9-10-20(17)29/h3-13H,14H2,1-2H3. The van der Waals surface area contributed by atoms with Crippen LogP contribution in [0.5, 0.6) is 5.75 Å². The highest BCUT2D eigenvalue weighted by molar-refractivity contribution is 6.32. The van der Waals surface area contributed by atoms with Gasteiger partial charge < -0.3 is 4.74 Å². The van der Waals surface area contributed by atoms with E-state index in [0.717, 1.165) is 23.9 Å². The molecule has 35 heavy (non-hydrogen) atoms. The summed E-state index contributed by atoms with van der Waals surface area (Å²) in [5.41, 5.74) is 2.73. The van der Waals surface area contributed by atoms with Gasteiger partial charge in [0.25, 0.3) is 5.56 Å². The Hall–Kier alpha value is -4.04. The quantitative estimate of drug-likeness (QED) is 0.317. The predicted octanol–water partition coefficient (Wildman–Crippen LogP) is 5.67. The fourth-order valence-corrected chi connectivity index (χ4v) is 4.14. The molecule has 176 valence electrons. The van der Waals surface area contributed by atoms with Crippen molar-refractivity contribution in [3.05, 3.63) is 111 Å². The average molecular weight is 493 g/mol. The second-order valence-electron chi connectivity index (χ2n) is 8.00. The topological polar surface area (TPSA) is 61.4 Å². The maximum absolute atomic E-state index is 14.0. The summed E-state index contributed by atoms with van der Waals surface area (Å²) in [6.45, 7) is 3.36. The Kier molecular flexibility index (Phi) is 5.82. The Balaban J connectivity index is 1.56. The van der Waals surface area contributed by atoms with Gasteiger partial charge in [0.1, 0.15) is 23.9 Å². The van der Waals surface area contributed by atoms with Crippen molar-refractivity contribution in [1.82, 2.24) is 19.2 Å². The summed E-state index contributed by atoms with van der Waals surface area (Å²) >= 11 is 6.34. The summed E-state index contributed by atoms with van der Waals surface area (Å²) < 4.78 is 36.3. The summed E-state index contributed by atoms with van der Waals surface area (Å²) in [6.07, 6.45) is 1.57. The molecule has 3 aromatic heterocycles. The molecule has 0 aliphatic carbocycles. The van der Waals surface area contributed by atoms with E-state index in [4.69, 9.17) is 16.3 Å². The van der Waals surface area contributed by atoms with Crippen molar-refractivity contribution in [3.8, 4) is 22.7 Å². The molecule has 2 aromatic carbocycles. The minimum atomic E-state index is -0.584. The Morgan fingerprint density at radius 1 is 1.03 bits per heavy atom. The minimum absolute atomic E-state index is 0.0586. The number of hydrogen-bond acceptors (Lipinski definition) is 4. The third kappa shape index (κ3) is 4.17. The van der Waals surface area contributed by atoms with E-state index in [1.54, 1.807) is 42.1 Å². The van der Waals surface area contributed by atoms with E-state index in [2.05, 4.69) is 10.1 Å². The van der Waals surface area contributed by atoms with E-state index in [1.807, 2.05) is 25.1 Å². The van der Waals surface area contributed by atoms with Crippen molar-refractivity contribution in [2.45, 2.75) is 20.5 Å². The van der Waals surface area contributed by atoms with Crippen molar-refractivity contribution in [2.75, 3.05) is 0 Å². The summed E-state index contributed by atoms with van der Waals surface area (Å²) in [6, 6.07) is 15.5. The van der Waals surface area contributed by atoms with Gasteiger partial charge in [0.05, 0.1) is 22.0 Å². The smallest absolute Gasteiger partial charge is 0.267 e. The van der Waals surface area contributed by atoms with Gasteiger partial charge in [0.2, 0.25) is 0 Å². The molecule has 0 radical (unpaired) electrons. The van der Waals surface area contributed by atoms with Gasteiger partial charge in [-0.05, 0) is 62.4 Å². The first-order chi connectivity index (χ1) is 16.8. The molecule has 0 N–H and O–H groups in total. The van der Waals surface area contributed by atoms with Gasteiger partial charge in [-0.3, -0.25) is 9.20 Å². The monoisotopic (exact) mass is 492 g/mol. The number of aryl methyl sites for hydroxylation is 2. The zero-order valence-electron chi connectivity index (χ0n) is 18.8. The molecule has 0 aliphatic rings. The highest BCUT2D eigenvalue weighted by atomic mass is 35.5. The lowest BCUT2D eigenvalue weighted by molar-refractivity contribution is 0.300. The van der Waals surface area contributed by atoms with Crippen LogP contribution >= 0.6 is 11.6 Å². The van der Waals surface area contributed by atoms with Crippen molar-refractivity contribution < 1.29 is 13.5 Å². The summed E-state index contributed by atoms with van der Waals surface area (Å²) in [4.78, 5) is 18.1. The number of ether oxygens (including phenoxy) is 1. The molecule has 0 aliphatic heterocycles. The van der Waals surface area contributed by atoms with Gasteiger partial charge >= 0.3 is 0 Å². The first-order valence-electron chi connectivity index (χ1n) is 10.7. The maximum atomic E-state index is 14.0. The number of para-hydroxylation sites is 1. The molecule has 0 spiro atoms. The van der Waals surface area contributed by atoms with Crippen LogP contribution < -0.4 is 10.3 Å². The molecule has 5 rings (SSSR count). The first-order valence-corrected chi connectivity index (χ1v) is 11.1. The summed E-state index contributed by atoms with van der Waals surface area (Å²) in [5.74, 6) is -0.885. The number of fused-ring (bicyclic) bond motifs is 1. The molecule has 0 atom stereocenters. The number of hydrogen-bond donors (Lipinski definition) is 0. The molecule has 0 saturated heterocycles. The molecule has 0 amide bonds. The van der Waals surface area contributed by atoms with Crippen molar-refractivity contribution in [1.29, 1.82) is 0 Å². The van der Waals surface area contributed by atoms with Crippen LogP contribution in [-0.4, -0.2) is 19.2 Å². The Bertz CT molecular complexity index is 1650. The fourth-order valence-electron chi connectivity index (χ4n) is 3.92. The lowest BCUT2D eigenvalue weighted by atomic mass is 10.1. The van der Waals surface area contributed by atoms with Crippen LogP contribution in [-0.2, 0) is 6.61 Å². The Labute approximate surface area is 204 Å². The van der Waals surface area contributed by atoms with Crippen molar-refractivity contribution in [3.63, 3.8) is 0 Å². The normalized spacial score (nSPS) is 11.2. The van der Waals surface area contributed by atoms with Crippen LogP contribution in [0.3, 0.4) is 0 Å². The molecule has 9 heteroatoms. The number of nitrogens with zero attached hydrogens (tertiary/aromatic N) is 4. The zero-order valence-corrected chi connectivity index (χ0v) is 19.6. The van der Waals surface area contributed by atoms with Gasteiger partial charge in [-0.15, -0.1) is 0 Å². The van der Waals surface area contributed by atoms with Gasteiger partial charge in [0.15, 0.2) is 11.4 Å². The van der Waals surface area contributed by atoms with Crippen molar-refractivity contribution >= 4 is 17.2 Å². The zero-order chi connectivity index (χ0) is 24.7. The Morgan fingerprint density at radius 2 is 1.83 bits per heavy atom. The summed E-state index contributed by atoms with van der Waals surface area (Å²) in [7, 11) is 0. The van der Waals surface area contributed by atoms with E-state index in [-0.39, 0.29) is 29.1 Å². The van der Waals surface area contributed by atoms with Crippen LogP contribution in [0.15, 0.2) is 71.7 Å². The van der Waals surface area contributed by atoms with E-state index < -0.39 is 11.6 Å². The number of benzene rings is 2. The predicted molar refractivity (Wildman–Crippen MR) is 129 cm³/mol. The molecule has 0 fully saturated rings. The molecule has 6 nitrogen and oxygen atoms in total. The number of pyridine rings is 1. The lowest BCUT2D eigenvalue weighted by Gasteiger charge is -2.12. The third-order valence-electron chi connectivity index (χ3n) is 5.61. The lowest BCUT2D eigenvalue weighted by Crippen LogP contribution is -2.19. The van der Waals surface area contributed by atoms with Crippen LogP contribution in [0.25, 0.3) is 22.6 Å². The molecule has 3 heterocycles. The van der Waals surface area contributed by atoms with Gasteiger partial charge in [-0.2, -0.15) is 5.10 Å². The second-order valence-corrected chi connectivity index (χ2v) is 8.41. The molecule has 0 bridgehead atoms. The molecule has 0 unspecified atom stereocenters. The minimum Gasteiger partial charge on any atom is -0.485 e. The van der Waals surface area contributed by atoms with Crippen molar-refractivity contribution in [2.24, 2.45) is 0 Å². The average Bonchev–Trinajstić information content (AvgIpc) is 3.20. The maximum Gasteiger partial charge on any atom is 0.267 e. The third-order valence-corrected chi connectivity index (χ3v) is 5.93.